The smallest absolute Gasteiger partial charge is 0.550 e. The van der Waals surface area contributed by atoms with Crippen molar-refractivity contribution in [2.24, 2.45) is 0 Å². The van der Waals surface area contributed by atoms with Crippen molar-refractivity contribution in [3.05, 3.63) is 0 Å². The minimum atomic E-state index is -3.46. The van der Waals surface area contributed by atoms with E-state index in [4.69, 9.17) is 10.2 Å². The number of carbonyl (C=O) groups excluding carboxylic acids is 3. The van der Waals surface area contributed by atoms with Crippen molar-refractivity contribution in [3.8, 4) is 0 Å². The van der Waals surface area contributed by atoms with Crippen LogP contribution in [0.3, 0.4) is 0 Å². The van der Waals surface area contributed by atoms with E-state index in [2.05, 4.69) is 13.8 Å². The Morgan fingerprint density at radius 3 is 1.57 bits per heavy atom. The molecule has 2 unspecified atom stereocenters. The molecule has 2 atom stereocenters. The molecular formula is C11H19KMgO8. The van der Waals surface area contributed by atoms with Crippen LogP contribution in [0.2, 0.25) is 0 Å². The van der Waals surface area contributed by atoms with Gasteiger partial charge in [0.15, 0.2) is 0 Å². The largest absolute Gasteiger partial charge is 2.00 e. The summed E-state index contributed by atoms with van der Waals surface area (Å²) in [5.74, 6) is -6.84. The zero-order chi connectivity index (χ0) is 14.9. The fraction of sp³-hybridized carbons (Fsp3) is 0.727. The number of aliphatic hydroxyl groups excluding tert-OH is 1. The van der Waals surface area contributed by atoms with E-state index >= 15 is 0 Å². The van der Waals surface area contributed by atoms with Crippen LogP contribution in [0.15, 0.2) is 0 Å². The molecule has 0 saturated carbocycles. The number of carboxylic acids is 3. The van der Waals surface area contributed by atoms with Gasteiger partial charge in [-0.05, 0) is 0 Å². The van der Waals surface area contributed by atoms with Crippen LogP contribution in [-0.4, -0.2) is 62.9 Å². The number of carboxylic acid groups (broad SMARTS) is 3. The van der Waals surface area contributed by atoms with Crippen molar-refractivity contribution in [1.29, 1.82) is 0 Å². The second-order valence-electron chi connectivity index (χ2n) is 3.48. The monoisotopic (exact) mass is 342 g/mol. The average molecular weight is 343 g/mol. The van der Waals surface area contributed by atoms with Crippen LogP contribution >= 0.6 is 0 Å². The van der Waals surface area contributed by atoms with Crippen molar-refractivity contribution in [2.45, 2.75) is 52.2 Å². The van der Waals surface area contributed by atoms with Gasteiger partial charge in [-0.15, -0.1) is 0 Å². The zero-order valence-electron chi connectivity index (χ0n) is 11.7. The molecule has 21 heavy (non-hydrogen) atoms. The number of hydrogen-bond donors (Lipinski definition) is 2. The van der Waals surface area contributed by atoms with Crippen molar-refractivity contribution in [2.75, 3.05) is 0 Å². The normalized spacial score (nSPS) is 12.6. The molecule has 0 bridgehead atoms. The van der Waals surface area contributed by atoms with Gasteiger partial charge in [-0.1, -0.05) is 34.1 Å². The third-order valence-corrected chi connectivity index (χ3v) is 1.94. The molecule has 0 aromatic rings. The van der Waals surface area contributed by atoms with Gasteiger partial charge in [0, 0.05) is 12.4 Å². The summed E-state index contributed by atoms with van der Waals surface area (Å²) in [5.41, 5.74) is -3.46. The van der Waals surface area contributed by atoms with Gasteiger partial charge >= 0.3 is 74.4 Å². The number of hydrogen-bond acceptors (Lipinski definition) is 8. The Morgan fingerprint density at radius 1 is 1.10 bits per heavy atom. The quantitative estimate of drug-likeness (QED) is 0.450. The van der Waals surface area contributed by atoms with E-state index < -0.39 is 36.0 Å². The van der Waals surface area contributed by atoms with E-state index in [1.807, 2.05) is 0 Å². The van der Waals surface area contributed by atoms with Crippen LogP contribution in [0.5, 0.6) is 0 Å². The molecule has 2 N–H and O–H groups in total. The molecule has 0 spiro atoms. The first kappa shape index (κ1) is 33.4. The van der Waals surface area contributed by atoms with Crippen LogP contribution in [0.25, 0.3) is 0 Å². The van der Waals surface area contributed by atoms with Crippen LogP contribution in [0.4, 0.5) is 0 Å². The summed E-state index contributed by atoms with van der Waals surface area (Å²) < 4.78 is 0. The first-order chi connectivity index (χ1) is 8.13. The number of aliphatic hydroxyl groups is 2. The summed E-state index contributed by atoms with van der Waals surface area (Å²) in [5, 5.41) is 47.8. The van der Waals surface area contributed by atoms with E-state index in [-0.39, 0.29) is 81.9 Å². The molecule has 0 aliphatic carbocycles. The molecule has 0 radical (unpaired) electrons. The topological polar surface area (TPSA) is 161 Å². The molecule has 0 aromatic carbocycles. The molecule has 10 heteroatoms. The predicted octanol–water partition coefficient (Wildman–Crippen LogP) is -7.22. The molecule has 8 nitrogen and oxygen atoms in total. The Bertz CT molecular complexity index is 311. The molecule has 0 fully saturated rings. The fourth-order valence-corrected chi connectivity index (χ4v) is 0.695. The van der Waals surface area contributed by atoms with Gasteiger partial charge in [0.05, 0.1) is 11.9 Å². The second-order valence-corrected chi connectivity index (χ2v) is 3.48. The van der Waals surface area contributed by atoms with Gasteiger partial charge in [-0.3, -0.25) is 0 Å². The third-order valence-electron chi connectivity index (χ3n) is 1.94. The Hall–Kier alpha value is 0.733. The average Bonchev–Trinajstić information content (AvgIpc) is 2.26. The molecule has 0 amide bonds. The SMILES string of the molecule is C.CCCC.O=C([O-])CC(O)(C(=O)[O-])C(O)C(=O)[O-].[K+].[Mg+2]. The van der Waals surface area contributed by atoms with Crippen LogP contribution in [-0.2, 0) is 14.4 Å². The molecule has 0 aromatic heterocycles. The first-order valence-electron chi connectivity index (χ1n) is 5.16. The van der Waals surface area contributed by atoms with Gasteiger partial charge in [0.25, 0.3) is 0 Å². The maximum absolute atomic E-state index is 10.2. The van der Waals surface area contributed by atoms with Crippen molar-refractivity contribution in [3.63, 3.8) is 0 Å². The van der Waals surface area contributed by atoms with Crippen molar-refractivity contribution in [1.82, 2.24) is 0 Å². The number of unbranched alkanes of at least 4 members (excludes halogenated alkanes) is 1. The van der Waals surface area contributed by atoms with Gasteiger partial charge in [0.1, 0.15) is 11.7 Å². The number of aliphatic carboxylic acids is 3. The Labute approximate surface area is 182 Å². The molecule has 114 valence electrons. The van der Waals surface area contributed by atoms with Gasteiger partial charge < -0.3 is 39.9 Å². The summed E-state index contributed by atoms with van der Waals surface area (Å²) in [6, 6.07) is 0. The van der Waals surface area contributed by atoms with E-state index in [1.165, 1.54) is 12.8 Å². The number of rotatable bonds is 6. The molecular weight excluding hydrogens is 324 g/mol. The summed E-state index contributed by atoms with van der Waals surface area (Å²) in [6.07, 6.45) is -1.89. The minimum absolute atomic E-state index is 0. The van der Waals surface area contributed by atoms with Crippen molar-refractivity contribution >= 4 is 41.0 Å². The van der Waals surface area contributed by atoms with E-state index in [0.717, 1.165) is 0 Å². The molecule has 0 aliphatic heterocycles. The van der Waals surface area contributed by atoms with Crippen LogP contribution in [0.1, 0.15) is 40.5 Å². The first-order valence-corrected chi connectivity index (χ1v) is 5.16. The zero-order valence-corrected chi connectivity index (χ0v) is 16.3. The van der Waals surface area contributed by atoms with E-state index in [9.17, 15) is 29.7 Å². The Morgan fingerprint density at radius 2 is 1.43 bits per heavy atom. The van der Waals surface area contributed by atoms with Crippen molar-refractivity contribution < 1.29 is 91.3 Å². The fourth-order valence-electron chi connectivity index (χ4n) is 0.695. The number of carbonyl (C=O) groups is 3. The maximum Gasteiger partial charge on any atom is 2.00 e. The molecule has 0 aliphatic rings. The van der Waals surface area contributed by atoms with E-state index in [1.54, 1.807) is 0 Å². The summed E-state index contributed by atoms with van der Waals surface area (Å²) >= 11 is 0. The van der Waals surface area contributed by atoms with E-state index in [0.29, 0.717) is 0 Å². The molecule has 0 rings (SSSR count). The van der Waals surface area contributed by atoms with Crippen LogP contribution in [0, 0.1) is 0 Å². The van der Waals surface area contributed by atoms with Gasteiger partial charge in [-0.2, -0.15) is 0 Å². The van der Waals surface area contributed by atoms with Crippen LogP contribution < -0.4 is 66.7 Å². The molecule has 0 heterocycles. The molecule has 0 saturated heterocycles. The summed E-state index contributed by atoms with van der Waals surface area (Å²) in [7, 11) is 0. The second kappa shape index (κ2) is 17.1. The standard InChI is InChI=1S/C6H8O8.C4H10.CH4.K.Mg/c7-2(8)1-6(14,5(12)13)3(9)4(10)11;1-3-4-2;;;/h3,9,14H,1H2,(H,7,8)(H,10,11)(H,12,13);3-4H2,1-2H3;1H4;;/q;;;+1;+2/p-3. The Kier molecular flexibility index (Phi) is 27.2. The van der Waals surface area contributed by atoms with Gasteiger partial charge in [-0.25, -0.2) is 0 Å². The summed E-state index contributed by atoms with van der Waals surface area (Å²) in [4.78, 5) is 30.2. The van der Waals surface area contributed by atoms with Gasteiger partial charge in [0.2, 0.25) is 0 Å². The predicted molar refractivity (Wildman–Crippen MR) is 63.7 cm³/mol. The maximum atomic E-state index is 10.2. The summed E-state index contributed by atoms with van der Waals surface area (Å²) in [6.45, 7) is 4.36. The third kappa shape index (κ3) is 14.1. The minimum Gasteiger partial charge on any atom is -0.550 e. The Balaban J connectivity index is -0.000000108.